The van der Waals surface area contributed by atoms with E-state index in [1.807, 2.05) is 18.2 Å². The average Bonchev–Trinajstić information content (AvgIpc) is 2.26. The molecular formula is C14H21N. The lowest BCUT2D eigenvalue weighted by atomic mass is 10.1. The fourth-order valence-electron chi connectivity index (χ4n) is 1.59. The molecule has 0 saturated carbocycles. The number of hydrogen-bond donors (Lipinski definition) is 0. The van der Waals surface area contributed by atoms with Gasteiger partial charge in [-0.25, -0.2) is 0 Å². The van der Waals surface area contributed by atoms with Crippen molar-refractivity contribution < 1.29 is 0 Å². The smallest absolute Gasteiger partial charge is 0.0628 e. The molecule has 0 radical (unpaired) electrons. The molecular weight excluding hydrogens is 182 g/mol. The van der Waals surface area contributed by atoms with Crippen LogP contribution in [0.15, 0.2) is 35.3 Å². The third-order valence-corrected chi connectivity index (χ3v) is 2.47. The SMILES string of the molecule is CCCCCCC(C)=Nc1ccccc1. The Morgan fingerprint density at radius 3 is 2.47 bits per heavy atom. The minimum atomic E-state index is 1.07. The minimum Gasteiger partial charge on any atom is -0.258 e. The highest BCUT2D eigenvalue weighted by atomic mass is 14.7. The topological polar surface area (TPSA) is 12.4 Å². The number of unbranched alkanes of at least 4 members (excludes halogenated alkanes) is 3. The number of para-hydroxylation sites is 1. The fourth-order valence-corrected chi connectivity index (χ4v) is 1.59. The second kappa shape index (κ2) is 7.22. The van der Waals surface area contributed by atoms with E-state index in [0.717, 1.165) is 12.1 Å². The van der Waals surface area contributed by atoms with Gasteiger partial charge in [0.1, 0.15) is 0 Å². The van der Waals surface area contributed by atoms with E-state index in [2.05, 4.69) is 31.0 Å². The summed E-state index contributed by atoms with van der Waals surface area (Å²) in [6, 6.07) is 10.2. The Balaban J connectivity index is 2.33. The zero-order valence-corrected chi connectivity index (χ0v) is 9.87. The van der Waals surface area contributed by atoms with Crippen molar-refractivity contribution in [3.8, 4) is 0 Å². The van der Waals surface area contributed by atoms with Crippen LogP contribution < -0.4 is 0 Å². The van der Waals surface area contributed by atoms with Crippen LogP contribution in [0.2, 0.25) is 0 Å². The van der Waals surface area contributed by atoms with Gasteiger partial charge >= 0.3 is 0 Å². The van der Waals surface area contributed by atoms with Crippen LogP contribution in [0.5, 0.6) is 0 Å². The largest absolute Gasteiger partial charge is 0.258 e. The molecule has 0 bridgehead atoms. The van der Waals surface area contributed by atoms with Crippen LogP contribution in [0.1, 0.15) is 46.0 Å². The molecule has 0 aromatic heterocycles. The molecule has 1 rings (SSSR count). The van der Waals surface area contributed by atoms with Crippen molar-refractivity contribution >= 4 is 11.4 Å². The highest BCUT2D eigenvalue weighted by Crippen LogP contribution is 2.12. The van der Waals surface area contributed by atoms with Crippen LogP contribution in [-0.4, -0.2) is 5.71 Å². The van der Waals surface area contributed by atoms with Crippen molar-refractivity contribution in [2.75, 3.05) is 0 Å². The van der Waals surface area contributed by atoms with Crippen molar-refractivity contribution in [1.82, 2.24) is 0 Å². The van der Waals surface area contributed by atoms with Gasteiger partial charge in [0.2, 0.25) is 0 Å². The van der Waals surface area contributed by atoms with Crippen LogP contribution in [0.3, 0.4) is 0 Å². The molecule has 0 N–H and O–H groups in total. The summed E-state index contributed by atoms with van der Waals surface area (Å²) in [7, 11) is 0. The molecule has 1 heteroatoms. The molecule has 0 heterocycles. The van der Waals surface area contributed by atoms with Crippen molar-refractivity contribution in [3.05, 3.63) is 30.3 Å². The van der Waals surface area contributed by atoms with Gasteiger partial charge in [0.15, 0.2) is 0 Å². The predicted octanol–water partition coefficient (Wildman–Crippen LogP) is 4.75. The first-order valence-corrected chi connectivity index (χ1v) is 5.92. The van der Waals surface area contributed by atoms with Crippen molar-refractivity contribution in [3.63, 3.8) is 0 Å². The first-order valence-electron chi connectivity index (χ1n) is 5.92. The van der Waals surface area contributed by atoms with Crippen LogP contribution in [-0.2, 0) is 0 Å². The second-order valence-corrected chi connectivity index (χ2v) is 3.99. The number of aliphatic imine (C=N–C) groups is 1. The van der Waals surface area contributed by atoms with Gasteiger partial charge in [0, 0.05) is 5.71 Å². The maximum atomic E-state index is 4.57. The summed E-state index contributed by atoms with van der Waals surface area (Å²) in [4.78, 5) is 4.57. The molecule has 15 heavy (non-hydrogen) atoms. The zero-order chi connectivity index (χ0) is 10.9. The summed E-state index contributed by atoms with van der Waals surface area (Å²) in [5.41, 5.74) is 2.32. The maximum Gasteiger partial charge on any atom is 0.0628 e. The van der Waals surface area contributed by atoms with Gasteiger partial charge in [-0.05, 0) is 31.9 Å². The van der Waals surface area contributed by atoms with E-state index >= 15 is 0 Å². The number of benzene rings is 1. The molecule has 0 fully saturated rings. The molecule has 0 atom stereocenters. The van der Waals surface area contributed by atoms with Gasteiger partial charge in [-0.1, -0.05) is 44.4 Å². The Labute approximate surface area is 93.2 Å². The van der Waals surface area contributed by atoms with Gasteiger partial charge in [-0.2, -0.15) is 0 Å². The number of rotatable bonds is 6. The van der Waals surface area contributed by atoms with Gasteiger partial charge in [-0.3, -0.25) is 4.99 Å². The van der Waals surface area contributed by atoms with E-state index in [9.17, 15) is 0 Å². The molecule has 0 saturated heterocycles. The summed E-state index contributed by atoms with van der Waals surface area (Å²) in [5.74, 6) is 0. The summed E-state index contributed by atoms with van der Waals surface area (Å²) in [5, 5.41) is 0. The van der Waals surface area contributed by atoms with Crippen molar-refractivity contribution in [2.24, 2.45) is 4.99 Å². The normalized spacial score (nSPS) is 11.7. The van der Waals surface area contributed by atoms with Crippen LogP contribution >= 0.6 is 0 Å². The Bertz CT molecular complexity index is 287. The van der Waals surface area contributed by atoms with E-state index in [1.54, 1.807) is 0 Å². The predicted molar refractivity (Wildman–Crippen MR) is 68.0 cm³/mol. The molecule has 0 aliphatic heterocycles. The van der Waals surface area contributed by atoms with Gasteiger partial charge in [0.05, 0.1) is 5.69 Å². The molecule has 0 amide bonds. The van der Waals surface area contributed by atoms with E-state index < -0.39 is 0 Å². The summed E-state index contributed by atoms with van der Waals surface area (Å²) in [6.45, 7) is 4.36. The molecule has 0 spiro atoms. The summed E-state index contributed by atoms with van der Waals surface area (Å²) >= 11 is 0. The van der Waals surface area contributed by atoms with E-state index in [0.29, 0.717) is 0 Å². The van der Waals surface area contributed by atoms with E-state index in [-0.39, 0.29) is 0 Å². The molecule has 0 aliphatic rings. The third kappa shape index (κ3) is 5.36. The molecule has 0 unspecified atom stereocenters. The fraction of sp³-hybridized carbons (Fsp3) is 0.500. The third-order valence-electron chi connectivity index (χ3n) is 2.47. The van der Waals surface area contributed by atoms with Crippen LogP contribution in [0.25, 0.3) is 0 Å². The molecule has 0 aliphatic carbocycles. The summed E-state index contributed by atoms with van der Waals surface area (Å²) < 4.78 is 0. The first kappa shape index (κ1) is 12.0. The maximum absolute atomic E-state index is 4.57. The molecule has 1 aromatic rings. The monoisotopic (exact) mass is 203 g/mol. The summed E-state index contributed by atoms with van der Waals surface area (Å²) in [6.07, 6.45) is 6.39. The molecule has 82 valence electrons. The first-order chi connectivity index (χ1) is 7.33. The lowest BCUT2D eigenvalue weighted by molar-refractivity contribution is 0.682. The van der Waals surface area contributed by atoms with Crippen LogP contribution in [0.4, 0.5) is 5.69 Å². The quantitative estimate of drug-likeness (QED) is 0.467. The highest BCUT2D eigenvalue weighted by Gasteiger charge is 1.93. The highest BCUT2D eigenvalue weighted by molar-refractivity contribution is 5.84. The number of nitrogens with zero attached hydrogens (tertiary/aromatic N) is 1. The standard InChI is InChI=1S/C14H21N/c1-3-4-5-7-10-13(2)15-14-11-8-6-9-12-14/h6,8-9,11-12H,3-5,7,10H2,1-2H3. The Morgan fingerprint density at radius 2 is 1.80 bits per heavy atom. The van der Waals surface area contributed by atoms with Crippen molar-refractivity contribution in [1.29, 1.82) is 0 Å². The van der Waals surface area contributed by atoms with E-state index in [4.69, 9.17) is 0 Å². The lowest BCUT2D eigenvalue weighted by Crippen LogP contribution is -1.90. The average molecular weight is 203 g/mol. The van der Waals surface area contributed by atoms with Gasteiger partial charge in [0.25, 0.3) is 0 Å². The minimum absolute atomic E-state index is 1.07. The van der Waals surface area contributed by atoms with E-state index in [1.165, 1.54) is 31.4 Å². The Kier molecular flexibility index (Phi) is 5.76. The molecule has 1 aromatic carbocycles. The Morgan fingerprint density at radius 1 is 1.07 bits per heavy atom. The van der Waals surface area contributed by atoms with Crippen LogP contribution in [0, 0.1) is 0 Å². The second-order valence-electron chi connectivity index (χ2n) is 3.99. The zero-order valence-electron chi connectivity index (χ0n) is 9.87. The number of hydrogen-bond acceptors (Lipinski definition) is 1. The van der Waals surface area contributed by atoms with Gasteiger partial charge in [-0.15, -0.1) is 0 Å². The lowest BCUT2D eigenvalue weighted by Gasteiger charge is -2.00. The Hall–Kier alpha value is -1.11. The van der Waals surface area contributed by atoms with Crippen molar-refractivity contribution in [2.45, 2.75) is 46.0 Å². The van der Waals surface area contributed by atoms with Gasteiger partial charge < -0.3 is 0 Å². The molecule has 1 nitrogen and oxygen atoms in total.